The van der Waals surface area contributed by atoms with E-state index in [1.807, 2.05) is 19.1 Å². The zero-order valence-corrected chi connectivity index (χ0v) is 14.8. The highest BCUT2D eigenvalue weighted by Crippen LogP contribution is 2.34. The van der Waals surface area contributed by atoms with E-state index in [2.05, 4.69) is 27.7 Å². The van der Waals surface area contributed by atoms with Crippen molar-refractivity contribution in [3.05, 3.63) is 28.3 Å². The highest BCUT2D eigenvalue weighted by atomic mass is 35.5. The van der Waals surface area contributed by atoms with Crippen LogP contribution >= 0.6 is 11.6 Å². The van der Waals surface area contributed by atoms with Gasteiger partial charge in [0, 0.05) is 11.1 Å². The van der Waals surface area contributed by atoms with Gasteiger partial charge in [-0.25, -0.2) is 0 Å². The molecule has 0 radical (unpaired) electrons. The highest BCUT2D eigenvalue weighted by molar-refractivity contribution is 6.30. The van der Waals surface area contributed by atoms with Gasteiger partial charge in [-0.15, -0.1) is 0 Å². The Bertz CT molecular complexity index is 443. The van der Waals surface area contributed by atoms with Crippen LogP contribution in [-0.4, -0.2) is 12.6 Å². The molecular formula is C18H30ClNO. The molecule has 120 valence electrons. The van der Waals surface area contributed by atoms with Gasteiger partial charge < -0.3 is 10.5 Å². The van der Waals surface area contributed by atoms with E-state index in [1.54, 1.807) is 0 Å². The highest BCUT2D eigenvalue weighted by Gasteiger charge is 2.15. The van der Waals surface area contributed by atoms with Crippen LogP contribution in [0.25, 0.3) is 0 Å². The van der Waals surface area contributed by atoms with E-state index in [9.17, 15) is 0 Å². The van der Waals surface area contributed by atoms with Crippen LogP contribution in [0.15, 0.2) is 12.1 Å². The summed E-state index contributed by atoms with van der Waals surface area (Å²) in [6.07, 6.45) is 3.07. The van der Waals surface area contributed by atoms with Gasteiger partial charge in [0.2, 0.25) is 0 Å². The van der Waals surface area contributed by atoms with Crippen molar-refractivity contribution >= 4 is 11.6 Å². The summed E-state index contributed by atoms with van der Waals surface area (Å²) in [7, 11) is 0. The van der Waals surface area contributed by atoms with Crippen molar-refractivity contribution in [3.63, 3.8) is 0 Å². The fourth-order valence-electron chi connectivity index (χ4n) is 2.47. The van der Waals surface area contributed by atoms with Gasteiger partial charge in [-0.05, 0) is 61.3 Å². The van der Waals surface area contributed by atoms with Gasteiger partial charge in [0.1, 0.15) is 5.75 Å². The van der Waals surface area contributed by atoms with E-state index in [0.29, 0.717) is 18.4 Å². The molecule has 0 aliphatic carbocycles. The minimum atomic E-state index is 0.268. The Morgan fingerprint density at radius 2 is 1.86 bits per heavy atom. The summed E-state index contributed by atoms with van der Waals surface area (Å²) in [5, 5.41) is 0.797. The molecule has 2 nitrogen and oxygen atoms in total. The van der Waals surface area contributed by atoms with E-state index in [1.165, 1.54) is 11.1 Å². The molecule has 1 aromatic carbocycles. The third kappa shape index (κ3) is 5.52. The number of hydrogen-bond donors (Lipinski definition) is 1. The number of halogens is 1. The second-order valence-electron chi connectivity index (χ2n) is 6.37. The second-order valence-corrected chi connectivity index (χ2v) is 6.81. The number of nitrogens with two attached hydrogens (primary N) is 1. The summed E-state index contributed by atoms with van der Waals surface area (Å²) in [6, 6.07) is 4.34. The Labute approximate surface area is 135 Å². The number of aryl methyl sites for hydroxylation is 1. The van der Waals surface area contributed by atoms with Crippen molar-refractivity contribution in [1.29, 1.82) is 0 Å². The Morgan fingerprint density at radius 1 is 1.19 bits per heavy atom. The Morgan fingerprint density at radius 3 is 2.38 bits per heavy atom. The Balaban J connectivity index is 2.89. The average molecular weight is 312 g/mol. The van der Waals surface area contributed by atoms with Crippen LogP contribution in [0, 0.1) is 5.92 Å². The van der Waals surface area contributed by atoms with Crippen LogP contribution in [0.5, 0.6) is 5.75 Å². The van der Waals surface area contributed by atoms with E-state index in [0.717, 1.165) is 30.0 Å². The molecule has 1 atom stereocenters. The van der Waals surface area contributed by atoms with Crippen molar-refractivity contribution in [2.75, 3.05) is 6.61 Å². The lowest BCUT2D eigenvalue weighted by atomic mass is 9.94. The quantitative estimate of drug-likeness (QED) is 0.719. The molecule has 0 aromatic heterocycles. The van der Waals surface area contributed by atoms with Gasteiger partial charge in [0.15, 0.2) is 0 Å². The van der Waals surface area contributed by atoms with Crippen molar-refractivity contribution < 1.29 is 4.74 Å². The molecule has 1 unspecified atom stereocenters. The van der Waals surface area contributed by atoms with E-state index in [4.69, 9.17) is 22.1 Å². The maximum atomic E-state index is 6.28. The molecule has 1 rings (SSSR count). The van der Waals surface area contributed by atoms with Crippen molar-refractivity contribution in [2.24, 2.45) is 11.7 Å². The molecule has 0 bridgehead atoms. The summed E-state index contributed by atoms with van der Waals surface area (Å²) in [4.78, 5) is 0. The lowest BCUT2D eigenvalue weighted by Crippen LogP contribution is -2.26. The Kier molecular flexibility index (Phi) is 7.55. The van der Waals surface area contributed by atoms with Crippen LogP contribution in [-0.2, 0) is 6.42 Å². The molecular weight excluding hydrogens is 282 g/mol. The fraction of sp³-hybridized carbons (Fsp3) is 0.667. The minimum absolute atomic E-state index is 0.268. The summed E-state index contributed by atoms with van der Waals surface area (Å²) >= 11 is 6.28. The van der Waals surface area contributed by atoms with Crippen LogP contribution in [0.2, 0.25) is 5.02 Å². The predicted molar refractivity (Wildman–Crippen MR) is 92.5 cm³/mol. The predicted octanol–water partition coefficient (Wildman–Crippen LogP) is 5.17. The zero-order valence-electron chi connectivity index (χ0n) is 14.1. The minimum Gasteiger partial charge on any atom is -0.493 e. The lowest BCUT2D eigenvalue weighted by molar-refractivity contribution is 0.330. The van der Waals surface area contributed by atoms with Gasteiger partial charge in [-0.1, -0.05) is 39.3 Å². The third-order valence-electron chi connectivity index (χ3n) is 3.91. The van der Waals surface area contributed by atoms with Crippen LogP contribution in [0.3, 0.4) is 0 Å². The monoisotopic (exact) mass is 311 g/mol. The second kappa shape index (κ2) is 8.65. The molecule has 21 heavy (non-hydrogen) atoms. The van der Waals surface area contributed by atoms with Gasteiger partial charge in [-0.3, -0.25) is 0 Å². The van der Waals surface area contributed by atoms with Gasteiger partial charge >= 0.3 is 0 Å². The van der Waals surface area contributed by atoms with Gasteiger partial charge in [0.05, 0.1) is 6.61 Å². The molecule has 0 saturated heterocycles. The molecule has 0 aliphatic heterocycles. The number of rotatable bonds is 8. The molecule has 0 saturated carbocycles. The maximum absolute atomic E-state index is 6.28. The molecule has 0 amide bonds. The largest absolute Gasteiger partial charge is 0.493 e. The molecule has 0 spiro atoms. The summed E-state index contributed by atoms with van der Waals surface area (Å²) in [5.41, 5.74) is 8.54. The normalized spacial score (nSPS) is 13.0. The molecule has 0 heterocycles. The first kappa shape index (κ1) is 18.3. The fourth-order valence-corrected chi connectivity index (χ4v) is 2.72. The SMILES string of the molecule is CCOc1c(CCCC(N)C(C)C)cc(Cl)cc1C(C)C. The van der Waals surface area contributed by atoms with Gasteiger partial charge in [0.25, 0.3) is 0 Å². The lowest BCUT2D eigenvalue weighted by Gasteiger charge is -2.19. The maximum Gasteiger partial charge on any atom is 0.126 e. The molecule has 1 aromatic rings. The van der Waals surface area contributed by atoms with Crippen molar-refractivity contribution in [3.8, 4) is 5.75 Å². The van der Waals surface area contributed by atoms with E-state index >= 15 is 0 Å². The van der Waals surface area contributed by atoms with Crippen LogP contribution in [0.1, 0.15) is 64.5 Å². The molecule has 2 N–H and O–H groups in total. The third-order valence-corrected chi connectivity index (χ3v) is 4.13. The van der Waals surface area contributed by atoms with Crippen LogP contribution in [0.4, 0.5) is 0 Å². The topological polar surface area (TPSA) is 35.2 Å². The van der Waals surface area contributed by atoms with Crippen molar-refractivity contribution in [2.45, 2.75) is 65.8 Å². The summed E-state index contributed by atoms with van der Waals surface area (Å²) < 4.78 is 5.90. The van der Waals surface area contributed by atoms with Crippen molar-refractivity contribution in [1.82, 2.24) is 0 Å². The van der Waals surface area contributed by atoms with Crippen LogP contribution < -0.4 is 10.5 Å². The first-order valence-corrected chi connectivity index (χ1v) is 8.45. The first-order chi connectivity index (χ1) is 9.86. The summed E-state index contributed by atoms with van der Waals surface area (Å²) in [6.45, 7) is 11.4. The van der Waals surface area contributed by atoms with E-state index < -0.39 is 0 Å². The first-order valence-electron chi connectivity index (χ1n) is 8.07. The average Bonchev–Trinajstić information content (AvgIpc) is 2.40. The van der Waals surface area contributed by atoms with E-state index in [-0.39, 0.29) is 6.04 Å². The zero-order chi connectivity index (χ0) is 16.0. The molecule has 3 heteroatoms. The Hall–Kier alpha value is -0.730. The molecule has 0 aliphatic rings. The smallest absolute Gasteiger partial charge is 0.126 e. The van der Waals surface area contributed by atoms with Gasteiger partial charge in [-0.2, -0.15) is 0 Å². The number of ether oxygens (including phenoxy) is 1. The standard InChI is InChI=1S/C18H30ClNO/c1-6-21-18-14(8-7-9-17(20)13(4)5)10-15(19)11-16(18)12(2)3/h10-13,17H,6-9,20H2,1-5H3. The molecule has 0 fully saturated rings. The number of benzene rings is 1. The number of hydrogen-bond acceptors (Lipinski definition) is 2. The summed E-state index contributed by atoms with van der Waals surface area (Å²) in [5.74, 6) is 1.96.